The minimum Gasteiger partial charge on any atom is -0.507 e. The van der Waals surface area contributed by atoms with Crippen LogP contribution in [0.2, 0.25) is 0 Å². The lowest BCUT2D eigenvalue weighted by molar-refractivity contribution is 0.0628. The van der Waals surface area contributed by atoms with Gasteiger partial charge in [-0.05, 0) is 50.8 Å². The van der Waals surface area contributed by atoms with Crippen molar-refractivity contribution < 1.29 is 9.90 Å². The van der Waals surface area contributed by atoms with Crippen molar-refractivity contribution in [2.75, 3.05) is 6.54 Å². The third-order valence-electron chi connectivity index (χ3n) is 4.68. The van der Waals surface area contributed by atoms with Crippen LogP contribution in [0.5, 0.6) is 5.75 Å². The maximum absolute atomic E-state index is 12.8. The molecule has 21 heavy (non-hydrogen) atoms. The minimum absolute atomic E-state index is 0.0460. The van der Waals surface area contributed by atoms with E-state index in [0.717, 1.165) is 17.3 Å². The number of nitrogens with zero attached hydrogens (tertiary/aromatic N) is 1. The number of fused-ring (bicyclic) bond motifs is 2. The highest BCUT2D eigenvalue weighted by Gasteiger charge is 2.37. The van der Waals surface area contributed by atoms with E-state index in [2.05, 4.69) is 21.2 Å². The molecule has 2 aliphatic heterocycles. The lowest BCUT2D eigenvalue weighted by Crippen LogP contribution is -2.50. The Bertz CT molecular complexity index is 537. The van der Waals surface area contributed by atoms with Gasteiger partial charge in [-0.3, -0.25) is 4.79 Å². The fourth-order valence-corrected chi connectivity index (χ4v) is 4.04. The molecule has 4 nitrogen and oxygen atoms in total. The SMILES string of the molecule is CCN(C(=O)c1ccc(Br)cc1O)C1CC2CCC(C1)N2. The third kappa shape index (κ3) is 2.94. The van der Waals surface area contributed by atoms with Gasteiger partial charge < -0.3 is 15.3 Å². The molecule has 0 aliphatic carbocycles. The zero-order valence-corrected chi connectivity index (χ0v) is 13.8. The summed E-state index contributed by atoms with van der Waals surface area (Å²) >= 11 is 3.31. The molecule has 2 bridgehead atoms. The first-order valence-electron chi connectivity index (χ1n) is 7.64. The Morgan fingerprint density at radius 1 is 1.38 bits per heavy atom. The summed E-state index contributed by atoms with van der Waals surface area (Å²) in [5, 5.41) is 13.6. The molecule has 0 saturated carbocycles. The predicted molar refractivity (Wildman–Crippen MR) is 85.5 cm³/mol. The largest absolute Gasteiger partial charge is 0.507 e. The minimum atomic E-state index is -0.0613. The molecule has 1 amide bonds. The van der Waals surface area contributed by atoms with Gasteiger partial charge in [0.15, 0.2) is 0 Å². The quantitative estimate of drug-likeness (QED) is 0.879. The Morgan fingerprint density at radius 2 is 2.05 bits per heavy atom. The van der Waals surface area contributed by atoms with Crippen LogP contribution in [0.4, 0.5) is 0 Å². The number of amides is 1. The normalized spacial score (nSPS) is 27.6. The lowest BCUT2D eigenvalue weighted by Gasteiger charge is -2.37. The first-order valence-corrected chi connectivity index (χ1v) is 8.43. The van der Waals surface area contributed by atoms with Gasteiger partial charge in [-0.1, -0.05) is 15.9 Å². The fraction of sp³-hybridized carbons (Fsp3) is 0.562. The van der Waals surface area contributed by atoms with Crippen LogP contribution in [-0.2, 0) is 0 Å². The molecule has 0 radical (unpaired) electrons. The number of piperidine rings is 1. The lowest BCUT2D eigenvalue weighted by atomic mass is 9.97. The van der Waals surface area contributed by atoms with E-state index in [0.29, 0.717) is 24.2 Å². The number of halogens is 1. The van der Waals surface area contributed by atoms with Gasteiger partial charge in [0.25, 0.3) is 5.91 Å². The molecular weight excluding hydrogens is 332 g/mol. The average molecular weight is 353 g/mol. The molecule has 1 aromatic carbocycles. The van der Waals surface area contributed by atoms with Gasteiger partial charge in [-0.15, -0.1) is 0 Å². The number of phenols is 1. The second-order valence-electron chi connectivity index (χ2n) is 6.02. The summed E-state index contributed by atoms with van der Waals surface area (Å²) in [7, 11) is 0. The Balaban J connectivity index is 1.80. The van der Waals surface area contributed by atoms with Gasteiger partial charge in [-0.2, -0.15) is 0 Å². The number of hydrogen-bond donors (Lipinski definition) is 2. The molecule has 2 N–H and O–H groups in total. The van der Waals surface area contributed by atoms with E-state index < -0.39 is 0 Å². The average Bonchev–Trinajstić information content (AvgIpc) is 2.78. The van der Waals surface area contributed by atoms with Gasteiger partial charge in [0.1, 0.15) is 5.75 Å². The number of aromatic hydroxyl groups is 1. The van der Waals surface area contributed by atoms with Crippen LogP contribution >= 0.6 is 15.9 Å². The van der Waals surface area contributed by atoms with E-state index in [1.54, 1.807) is 18.2 Å². The van der Waals surface area contributed by atoms with Gasteiger partial charge in [0, 0.05) is 29.1 Å². The first kappa shape index (κ1) is 14.9. The maximum atomic E-state index is 12.8. The van der Waals surface area contributed by atoms with Crippen LogP contribution in [0.3, 0.4) is 0 Å². The van der Waals surface area contributed by atoms with Gasteiger partial charge in [-0.25, -0.2) is 0 Å². The molecular formula is C16H21BrN2O2. The van der Waals surface area contributed by atoms with Crippen molar-refractivity contribution in [3.05, 3.63) is 28.2 Å². The van der Waals surface area contributed by atoms with E-state index in [-0.39, 0.29) is 17.7 Å². The van der Waals surface area contributed by atoms with E-state index in [1.165, 1.54) is 12.8 Å². The molecule has 114 valence electrons. The number of benzene rings is 1. The number of carbonyl (C=O) groups is 1. The molecule has 0 spiro atoms. The van der Waals surface area contributed by atoms with Crippen molar-refractivity contribution in [1.82, 2.24) is 10.2 Å². The number of phenolic OH excluding ortho intramolecular Hbond substituents is 1. The van der Waals surface area contributed by atoms with Crippen molar-refractivity contribution in [1.29, 1.82) is 0 Å². The Morgan fingerprint density at radius 3 is 2.62 bits per heavy atom. The molecule has 5 heteroatoms. The summed E-state index contributed by atoms with van der Waals surface area (Å²) in [5.41, 5.74) is 0.394. The zero-order chi connectivity index (χ0) is 15.0. The summed E-state index contributed by atoms with van der Waals surface area (Å²) in [6.45, 7) is 2.69. The zero-order valence-electron chi connectivity index (χ0n) is 12.2. The number of nitrogens with one attached hydrogen (secondary N) is 1. The maximum Gasteiger partial charge on any atom is 0.257 e. The van der Waals surface area contributed by atoms with Crippen LogP contribution in [-0.4, -0.2) is 40.6 Å². The van der Waals surface area contributed by atoms with Crippen LogP contribution < -0.4 is 5.32 Å². The van der Waals surface area contributed by atoms with Crippen LogP contribution in [0.25, 0.3) is 0 Å². The molecule has 0 aromatic heterocycles. The van der Waals surface area contributed by atoms with E-state index in [1.807, 2.05) is 11.8 Å². The number of carbonyl (C=O) groups excluding carboxylic acids is 1. The summed E-state index contributed by atoms with van der Waals surface area (Å²) < 4.78 is 0.777. The number of hydrogen-bond acceptors (Lipinski definition) is 3. The summed E-state index contributed by atoms with van der Waals surface area (Å²) in [5.74, 6) is -0.0152. The second kappa shape index (κ2) is 5.97. The highest BCUT2D eigenvalue weighted by molar-refractivity contribution is 9.10. The molecule has 2 atom stereocenters. The van der Waals surface area contributed by atoms with E-state index in [4.69, 9.17) is 0 Å². The summed E-state index contributed by atoms with van der Waals surface area (Å²) in [6, 6.07) is 6.45. The molecule has 1 aromatic rings. The van der Waals surface area contributed by atoms with Crippen molar-refractivity contribution in [3.8, 4) is 5.75 Å². The first-order chi connectivity index (χ1) is 10.1. The van der Waals surface area contributed by atoms with Crippen LogP contribution in [0, 0.1) is 0 Å². The Hall–Kier alpha value is -1.07. The van der Waals surface area contributed by atoms with Crippen molar-refractivity contribution in [2.45, 2.75) is 50.7 Å². The highest BCUT2D eigenvalue weighted by atomic mass is 79.9. The summed E-state index contributed by atoms with van der Waals surface area (Å²) in [6.07, 6.45) is 4.48. The smallest absolute Gasteiger partial charge is 0.257 e. The molecule has 2 fully saturated rings. The molecule has 2 aliphatic rings. The Kier molecular flexibility index (Phi) is 4.22. The topological polar surface area (TPSA) is 52.6 Å². The van der Waals surface area contributed by atoms with Gasteiger partial charge in [0.05, 0.1) is 5.56 Å². The number of rotatable bonds is 3. The summed E-state index contributed by atoms with van der Waals surface area (Å²) in [4.78, 5) is 14.7. The second-order valence-corrected chi connectivity index (χ2v) is 6.93. The fourth-order valence-electron chi connectivity index (χ4n) is 3.69. The van der Waals surface area contributed by atoms with Crippen molar-refractivity contribution in [2.24, 2.45) is 0 Å². The van der Waals surface area contributed by atoms with Crippen molar-refractivity contribution >= 4 is 21.8 Å². The Labute approximate surface area is 133 Å². The van der Waals surface area contributed by atoms with Crippen LogP contribution in [0.15, 0.2) is 22.7 Å². The van der Waals surface area contributed by atoms with Crippen LogP contribution in [0.1, 0.15) is 43.0 Å². The predicted octanol–water partition coefficient (Wildman–Crippen LogP) is 2.90. The molecule has 2 heterocycles. The standard InChI is InChI=1S/C16H21BrN2O2/c1-2-19(13-8-11-4-5-12(9-13)18-11)16(21)14-6-3-10(17)7-15(14)20/h3,6-7,11-13,18,20H,2,4-5,8-9H2,1H3. The van der Waals surface area contributed by atoms with E-state index in [9.17, 15) is 9.90 Å². The van der Waals surface area contributed by atoms with Gasteiger partial charge >= 0.3 is 0 Å². The molecule has 2 unspecified atom stereocenters. The molecule has 2 saturated heterocycles. The third-order valence-corrected chi connectivity index (χ3v) is 5.17. The highest BCUT2D eigenvalue weighted by Crippen LogP contribution is 2.31. The van der Waals surface area contributed by atoms with Gasteiger partial charge in [0.2, 0.25) is 0 Å². The molecule has 3 rings (SSSR count). The monoisotopic (exact) mass is 352 g/mol. The van der Waals surface area contributed by atoms with E-state index >= 15 is 0 Å². The van der Waals surface area contributed by atoms with Crippen molar-refractivity contribution in [3.63, 3.8) is 0 Å².